The first-order chi connectivity index (χ1) is 5.95. The summed E-state index contributed by atoms with van der Waals surface area (Å²) in [6.07, 6.45) is -6.01. The molecular formula is C5H7F3N4O. The van der Waals surface area contributed by atoms with E-state index in [1.165, 1.54) is 0 Å². The van der Waals surface area contributed by atoms with Gasteiger partial charge in [-0.15, -0.1) is 0 Å². The SMILES string of the molecule is [N-]=[N+]=NCCNC(=O)CC(F)(F)F. The molecule has 0 saturated heterocycles. The molecule has 0 fully saturated rings. The van der Waals surface area contributed by atoms with Crippen LogP contribution in [-0.4, -0.2) is 25.2 Å². The fourth-order valence-corrected chi connectivity index (χ4v) is 0.535. The van der Waals surface area contributed by atoms with Gasteiger partial charge < -0.3 is 5.32 Å². The Labute approximate surface area is 71.5 Å². The van der Waals surface area contributed by atoms with Crippen LogP contribution in [0.3, 0.4) is 0 Å². The Morgan fingerprint density at radius 1 is 1.54 bits per heavy atom. The minimum absolute atomic E-state index is 0.0555. The number of nitrogens with zero attached hydrogens (tertiary/aromatic N) is 3. The lowest BCUT2D eigenvalue weighted by atomic mass is 10.4. The Morgan fingerprint density at radius 2 is 2.15 bits per heavy atom. The van der Waals surface area contributed by atoms with E-state index < -0.39 is 18.5 Å². The van der Waals surface area contributed by atoms with E-state index in [0.29, 0.717) is 0 Å². The van der Waals surface area contributed by atoms with Crippen molar-refractivity contribution in [1.82, 2.24) is 5.32 Å². The molecular weight excluding hydrogens is 189 g/mol. The van der Waals surface area contributed by atoms with Crippen molar-refractivity contribution >= 4 is 5.91 Å². The molecule has 0 heterocycles. The van der Waals surface area contributed by atoms with Crippen molar-refractivity contribution < 1.29 is 18.0 Å². The van der Waals surface area contributed by atoms with Gasteiger partial charge in [-0.2, -0.15) is 13.2 Å². The zero-order valence-electron chi connectivity index (χ0n) is 6.51. The molecule has 0 saturated carbocycles. The summed E-state index contributed by atoms with van der Waals surface area (Å²) >= 11 is 0. The van der Waals surface area contributed by atoms with Crippen molar-refractivity contribution in [1.29, 1.82) is 0 Å². The first-order valence-electron chi connectivity index (χ1n) is 3.30. The van der Waals surface area contributed by atoms with Gasteiger partial charge in [0.15, 0.2) is 0 Å². The van der Waals surface area contributed by atoms with Gasteiger partial charge in [-0.1, -0.05) is 5.11 Å². The molecule has 0 aliphatic heterocycles. The normalized spacial score (nSPS) is 10.4. The summed E-state index contributed by atoms with van der Waals surface area (Å²) in [5, 5.41) is 4.98. The van der Waals surface area contributed by atoms with Crippen molar-refractivity contribution in [2.24, 2.45) is 5.11 Å². The maximum Gasteiger partial charge on any atom is 0.397 e. The van der Waals surface area contributed by atoms with E-state index in [-0.39, 0.29) is 13.1 Å². The van der Waals surface area contributed by atoms with Crippen molar-refractivity contribution in [2.75, 3.05) is 13.1 Å². The first-order valence-corrected chi connectivity index (χ1v) is 3.30. The molecule has 1 amide bonds. The third-order valence-corrected chi connectivity index (χ3v) is 0.958. The van der Waals surface area contributed by atoms with Crippen LogP contribution in [0.4, 0.5) is 13.2 Å². The minimum Gasteiger partial charge on any atom is -0.356 e. The first kappa shape index (κ1) is 11.6. The molecule has 0 bridgehead atoms. The number of halogens is 3. The van der Waals surface area contributed by atoms with E-state index in [9.17, 15) is 18.0 Å². The average molecular weight is 196 g/mol. The van der Waals surface area contributed by atoms with E-state index in [2.05, 4.69) is 10.0 Å². The number of amides is 1. The zero-order chi connectivity index (χ0) is 10.3. The number of hydrogen-bond acceptors (Lipinski definition) is 2. The number of azide groups is 1. The quantitative estimate of drug-likeness (QED) is 0.313. The summed E-state index contributed by atoms with van der Waals surface area (Å²) in [5.74, 6) is -1.12. The number of alkyl halides is 3. The predicted molar refractivity (Wildman–Crippen MR) is 37.7 cm³/mol. The van der Waals surface area contributed by atoms with Crippen molar-refractivity contribution in [2.45, 2.75) is 12.6 Å². The minimum atomic E-state index is -4.50. The summed E-state index contributed by atoms with van der Waals surface area (Å²) in [6, 6.07) is 0. The Bertz CT molecular complexity index is 220. The maximum atomic E-state index is 11.5. The fraction of sp³-hybridized carbons (Fsp3) is 0.800. The van der Waals surface area contributed by atoms with Crippen LogP contribution in [0.5, 0.6) is 0 Å². The van der Waals surface area contributed by atoms with E-state index in [0.717, 1.165) is 0 Å². The molecule has 8 heteroatoms. The molecule has 0 unspecified atom stereocenters. The standard InChI is InChI=1S/C5H7F3N4O/c6-5(7,8)3-4(13)10-1-2-11-12-9/h1-3H2,(H,10,13). The largest absolute Gasteiger partial charge is 0.397 e. The highest BCUT2D eigenvalue weighted by Gasteiger charge is 2.30. The number of carbonyl (C=O) groups excluding carboxylic acids is 1. The second kappa shape index (κ2) is 5.26. The van der Waals surface area contributed by atoms with Gasteiger partial charge in [0.2, 0.25) is 5.91 Å². The van der Waals surface area contributed by atoms with Crippen LogP contribution in [0.25, 0.3) is 10.4 Å². The number of nitrogens with one attached hydrogen (secondary N) is 1. The van der Waals surface area contributed by atoms with Crippen LogP contribution in [-0.2, 0) is 4.79 Å². The molecule has 74 valence electrons. The van der Waals surface area contributed by atoms with Gasteiger partial charge in [-0.25, -0.2) is 0 Å². The van der Waals surface area contributed by atoms with Crippen molar-refractivity contribution in [3.8, 4) is 0 Å². The molecule has 0 rings (SSSR count). The molecule has 5 nitrogen and oxygen atoms in total. The average Bonchev–Trinajstić information content (AvgIpc) is 1.94. The van der Waals surface area contributed by atoms with Crippen LogP contribution in [0, 0.1) is 0 Å². The molecule has 0 aromatic heterocycles. The van der Waals surface area contributed by atoms with Crippen LogP contribution in [0.2, 0.25) is 0 Å². The van der Waals surface area contributed by atoms with Gasteiger partial charge in [0.25, 0.3) is 0 Å². The summed E-state index contributed by atoms with van der Waals surface area (Å²) in [4.78, 5) is 12.8. The lowest BCUT2D eigenvalue weighted by Crippen LogP contribution is -2.30. The lowest BCUT2D eigenvalue weighted by Gasteiger charge is -2.05. The van der Waals surface area contributed by atoms with Gasteiger partial charge in [-0.3, -0.25) is 4.79 Å². The van der Waals surface area contributed by atoms with E-state index in [1.807, 2.05) is 5.32 Å². The van der Waals surface area contributed by atoms with E-state index >= 15 is 0 Å². The van der Waals surface area contributed by atoms with Crippen LogP contribution >= 0.6 is 0 Å². The Hall–Kier alpha value is -1.43. The monoisotopic (exact) mass is 196 g/mol. The summed E-state index contributed by atoms with van der Waals surface area (Å²) in [5.41, 5.74) is 7.78. The molecule has 1 N–H and O–H groups in total. The molecule has 0 spiro atoms. The Morgan fingerprint density at radius 3 is 2.62 bits per heavy atom. The number of rotatable bonds is 4. The van der Waals surface area contributed by atoms with Gasteiger partial charge >= 0.3 is 6.18 Å². The Balaban J connectivity index is 3.58. The van der Waals surface area contributed by atoms with E-state index in [4.69, 9.17) is 5.53 Å². The topological polar surface area (TPSA) is 77.9 Å². The fourth-order valence-electron chi connectivity index (χ4n) is 0.535. The van der Waals surface area contributed by atoms with E-state index in [1.54, 1.807) is 0 Å². The second-order valence-corrected chi connectivity index (χ2v) is 2.10. The van der Waals surface area contributed by atoms with Gasteiger partial charge in [0.05, 0.1) is 0 Å². The predicted octanol–water partition coefficient (Wildman–Crippen LogP) is 1.37. The van der Waals surface area contributed by atoms with Crippen molar-refractivity contribution in [3.05, 3.63) is 10.4 Å². The smallest absolute Gasteiger partial charge is 0.356 e. The highest BCUT2D eigenvalue weighted by Crippen LogP contribution is 2.18. The molecule has 0 aromatic rings. The Kier molecular flexibility index (Phi) is 4.68. The molecule has 0 aliphatic rings. The van der Waals surface area contributed by atoms with Gasteiger partial charge in [-0.05, 0) is 5.53 Å². The molecule has 0 aromatic carbocycles. The third kappa shape index (κ3) is 8.48. The molecule has 13 heavy (non-hydrogen) atoms. The lowest BCUT2D eigenvalue weighted by molar-refractivity contribution is -0.153. The zero-order valence-corrected chi connectivity index (χ0v) is 6.51. The highest BCUT2D eigenvalue weighted by atomic mass is 19.4. The summed E-state index contributed by atoms with van der Waals surface area (Å²) < 4.78 is 34.6. The molecule has 0 aliphatic carbocycles. The van der Waals surface area contributed by atoms with Crippen LogP contribution in [0.1, 0.15) is 6.42 Å². The number of hydrogen-bond donors (Lipinski definition) is 1. The summed E-state index contributed by atoms with van der Waals surface area (Å²) in [6.45, 7) is -0.140. The van der Waals surface area contributed by atoms with Gasteiger partial charge in [0, 0.05) is 18.0 Å². The molecule has 0 atom stereocenters. The van der Waals surface area contributed by atoms with Crippen molar-refractivity contribution in [3.63, 3.8) is 0 Å². The summed E-state index contributed by atoms with van der Waals surface area (Å²) in [7, 11) is 0. The van der Waals surface area contributed by atoms with Crippen LogP contribution < -0.4 is 5.32 Å². The van der Waals surface area contributed by atoms with Gasteiger partial charge in [0.1, 0.15) is 6.42 Å². The second-order valence-electron chi connectivity index (χ2n) is 2.10. The highest BCUT2D eigenvalue weighted by molar-refractivity contribution is 5.76. The maximum absolute atomic E-state index is 11.5. The molecule has 0 radical (unpaired) electrons. The third-order valence-electron chi connectivity index (χ3n) is 0.958. The number of carbonyl (C=O) groups is 1. The van der Waals surface area contributed by atoms with Crippen LogP contribution in [0.15, 0.2) is 5.11 Å².